The summed E-state index contributed by atoms with van der Waals surface area (Å²) in [6.45, 7) is 7.79. The van der Waals surface area contributed by atoms with E-state index in [2.05, 4.69) is 50.4 Å². The Morgan fingerprint density at radius 3 is 2.07 bits per heavy atom. The average molecular weight is 191 g/mol. The highest BCUT2D eigenvalue weighted by Gasteiger charge is 2.12. The predicted octanol–water partition coefficient (Wildman–Crippen LogP) is 2.75. The molecule has 1 N–H and O–H groups in total. The van der Waals surface area contributed by atoms with Gasteiger partial charge in [-0.2, -0.15) is 0 Å². The molecule has 0 aliphatic carbocycles. The Morgan fingerprint density at radius 2 is 1.64 bits per heavy atom. The molecule has 0 saturated heterocycles. The largest absolute Gasteiger partial charge is 0.319 e. The molecule has 0 amide bonds. The van der Waals surface area contributed by atoms with Crippen molar-refractivity contribution in [1.82, 2.24) is 5.32 Å². The number of nitrogens with one attached hydrogen (secondary N) is 1. The minimum Gasteiger partial charge on any atom is -0.319 e. The summed E-state index contributed by atoms with van der Waals surface area (Å²) in [5, 5.41) is 3.16. The standard InChI is InChI=1S/C13H21N/c1-13(2,3)12-7-5-11(6-8-12)9-10-14-4/h5-8,14H,9-10H2,1-4H3. The lowest BCUT2D eigenvalue weighted by Gasteiger charge is -2.19. The molecule has 0 bridgehead atoms. The van der Waals surface area contributed by atoms with E-state index in [0.29, 0.717) is 0 Å². The van der Waals surface area contributed by atoms with Crippen LogP contribution in [0.5, 0.6) is 0 Å². The molecule has 1 nitrogen and oxygen atoms in total. The van der Waals surface area contributed by atoms with Crippen molar-refractivity contribution in [3.8, 4) is 0 Å². The molecule has 0 fully saturated rings. The first-order valence-electron chi connectivity index (χ1n) is 5.28. The van der Waals surface area contributed by atoms with Gasteiger partial charge in [-0.1, -0.05) is 45.0 Å². The van der Waals surface area contributed by atoms with Crippen LogP contribution in [-0.4, -0.2) is 13.6 Å². The molecule has 0 radical (unpaired) electrons. The zero-order chi connectivity index (χ0) is 10.6. The first-order valence-corrected chi connectivity index (χ1v) is 5.28. The summed E-state index contributed by atoms with van der Waals surface area (Å²) in [4.78, 5) is 0. The summed E-state index contributed by atoms with van der Waals surface area (Å²) in [6, 6.07) is 8.95. The van der Waals surface area contributed by atoms with Gasteiger partial charge in [-0.25, -0.2) is 0 Å². The van der Waals surface area contributed by atoms with Gasteiger partial charge in [0.05, 0.1) is 0 Å². The highest BCUT2D eigenvalue weighted by atomic mass is 14.8. The third-order valence-corrected chi connectivity index (χ3v) is 2.48. The fraction of sp³-hybridized carbons (Fsp3) is 0.538. The molecule has 1 rings (SSSR count). The van der Waals surface area contributed by atoms with E-state index in [1.165, 1.54) is 11.1 Å². The molecule has 0 spiro atoms. The second-order valence-corrected chi connectivity index (χ2v) is 4.80. The van der Waals surface area contributed by atoms with E-state index in [4.69, 9.17) is 0 Å². The van der Waals surface area contributed by atoms with Gasteiger partial charge in [-0.3, -0.25) is 0 Å². The van der Waals surface area contributed by atoms with Crippen molar-refractivity contribution in [2.24, 2.45) is 0 Å². The normalized spacial score (nSPS) is 11.7. The Labute approximate surface area is 87.5 Å². The summed E-state index contributed by atoms with van der Waals surface area (Å²) in [5.41, 5.74) is 3.08. The quantitative estimate of drug-likeness (QED) is 0.774. The molecular weight excluding hydrogens is 170 g/mol. The van der Waals surface area contributed by atoms with Crippen LogP contribution < -0.4 is 5.32 Å². The molecule has 0 saturated carbocycles. The van der Waals surface area contributed by atoms with Crippen molar-refractivity contribution in [1.29, 1.82) is 0 Å². The predicted molar refractivity (Wildman–Crippen MR) is 62.8 cm³/mol. The maximum absolute atomic E-state index is 3.16. The van der Waals surface area contributed by atoms with Gasteiger partial charge < -0.3 is 5.32 Å². The van der Waals surface area contributed by atoms with E-state index in [-0.39, 0.29) is 5.41 Å². The molecule has 0 heterocycles. The minimum absolute atomic E-state index is 0.265. The van der Waals surface area contributed by atoms with E-state index in [9.17, 15) is 0 Å². The Kier molecular flexibility index (Phi) is 3.70. The SMILES string of the molecule is CNCCc1ccc(C(C)(C)C)cc1. The van der Waals surface area contributed by atoms with Gasteiger partial charge in [0.15, 0.2) is 0 Å². The lowest BCUT2D eigenvalue weighted by molar-refractivity contribution is 0.590. The maximum atomic E-state index is 3.16. The van der Waals surface area contributed by atoms with Crippen LogP contribution in [0.2, 0.25) is 0 Å². The van der Waals surface area contributed by atoms with Crippen molar-refractivity contribution in [3.63, 3.8) is 0 Å². The van der Waals surface area contributed by atoms with Gasteiger partial charge in [0.25, 0.3) is 0 Å². The second kappa shape index (κ2) is 4.61. The molecule has 1 heteroatoms. The van der Waals surface area contributed by atoms with Gasteiger partial charge in [-0.15, -0.1) is 0 Å². The zero-order valence-electron chi connectivity index (χ0n) is 9.72. The van der Waals surface area contributed by atoms with E-state index < -0.39 is 0 Å². The van der Waals surface area contributed by atoms with Crippen LogP contribution in [0.3, 0.4) is 0 Å². The molecule has 1 aromatic carbocycles. The van der Waals surface area contributed by atoms with Crippen molar-refractivity contribution >= 4 is 0 Å². The molecule has 0 aliphatic heterocycles. The molecule has 0 atom stereocenters. The Hall–Kier alpha value is -0.820. The smallest absolute Gasteiger partial charge is 0.00114 e. The summed E-state index contributed by atoms with van der Waals surface area (Å²) in [6.07, 6.45) is 1.11. The van der Waals surface area contributed by atoms with Crippen LogP contribution in [0.15, 0.2) is 24.3 Å². The van der Waals surface area contributed by atoms with Crippen molar-refractivity contribution in [2.75, 3.05) is 13.6 Å². The van der Waals surface area contributed by atoms with E-state index in [0.717, 1.165) is 13.0 Å². The molecule has 0 unspecified atom stereocenters. The number of rotatable bonds is 3. The van der Waals surface area contributed by atoms with Gasteiger partial charge in [0.1, 0.15) is 0 Å². The van der Waals surface area contributed by atoms with Gasteiger partial charge in [-0.05, 0) is 36.6 Å². The van der Waals surface area contributed by atoms with Crippen LogP contribution in [-0.2, 0) is 11.8 Å². The molecule has 1 aromatic rings. The van der Waals surface area contributed by atoms with Gasteiger partial charge in [0.2, 0.25) is 0 Å². The fourth-order valence-electron chi connectivity index (χ4n) is 1.44. The topological polar surface area (TPSA) is 12.0 Å². The van der Waals surface area contributed by atoms with Crippen molar-refractivity contribution < 1.29 is 0 Å². The number of hydrogen-bond donors (Lipinski definition) is 1. The third-order valence-electron chi connectivity index (χ3n) is 2.48. The molecule has 0 aliphatic rings. The van der Waals surface area contributed by atoms with Crippen LogP contribution in [0.4, 0.5) is 0 Å². The Balaban J connectivity index is 2.69. The van der Waals surface area contributed by atoms with Crippen LogP contribution in [0.25, 0.3) is 0 Å². The lowest BCUT2D eigenvalue weighted by atomic mass is 9.86. The fourth-order valence-corrected chi connectivity index (χ4v) is 1.44. The van der Waals surface area contributed by atoms with Gasteiger partial charge >= 0.3 is 0 Å². The number of hydrogen-bond acceptors (Lipinski definition) is 1. The first-order chi connectivity index (χ1) is 6.54. The highest BCUT2D eigenvalue weighted by molar-refractivity contribution is 5.27. The van der Waals surface area contributed by atoms with Crippen LogP contribution in [0.1, 0.15) is 31.9 Å². The monoisotopic (exact) mass is 191 g/mol. The van der Waals surface area contributed by atoms with Crippen LogP contribution in [0, 0.1) is 0 Å². The summed E-state index contributed by atoms with van der Waals surface area (Å²) >= 11 is 0. The maximum Gasteiger partial charge on any atom is -0.00114 e. The summed E-state index contributed by atoms with van der Waals surface area (Å²) in [7, 11) is 1.99. The Morgan fingerprint density at radius 1 is 1.07 bits per heavy atom. The minimum atomic E-state index is 0.265. The average Bonchev–Trinajstić information content (AvgIpc) is 2.14. The van der Waals surface area contributed by atoms with E-state index in [1.54, 1.807) is 0 Å². The number of likely N-dealkylation sites (N-methyl/N-ethyl adjacent to an activating group) is 1. The zero-order valence-corrected chi connectivity index (χ0v) is 9.72. The number of benzene rings is 1. The third kappa shape index (κ3) is 3.15. The molecule has 14 heavy (non-hydrogen) atoms. The second-order valence-electron chi connectivity index (χ2n) is 4.80. The molecule has 0 aromatic heterocycles. The molecular formula is C13H21N. The van der Waals surface area contributed by atoms with Gasteiger partial charge in [0, 0.05) is 0 Å². The Bertz CT molecular complexity index is 266. The lowest BCUT2D eigenvalue weighted by Crippen LogP contribution is -2.12. The summed E-state index contributed by atoms with van der Waals surface area (Å²) < 4.78 is 0. The highest BCUT2D eigenvalue weighted by Crippen LogP contribution is 2.22. The van der Waals surface area contributed by atoms with E-state index >= 15 is 0 Å². The van der Waals surface area contributed by atoms with E-state index in [1.807, 2.05) is 7.05 Å². The van der Waals surface area contributed by atoms with Crippen molar-refractivity contribution in [2.45, 2.75) is 32.6 Å². The summed E-state index contributed by atoms with van der Waals surface area (Å²) in [5.74, 6) is 0. The van der Waals surface area contributed by atoms with Crippen LogP contribution >= 0.6 is 0 Å². The molecule has 78 valence electrons. The first kappa shape index (κ1) is 11.3. The van der Waals surface area contributed by atoms with Crippen molar-refractivity contribution in [3.05, 3.63) is 35.4 Å².